The van der Waals surface area contributed by atoms with E-state index in [4.69, 9.17) is 0 Å². The summed E-state index contributed by atoms with van der Waals surface area (Å²) in [5.41, 5.74) is 2.92. The van der Waals surface area contributed by atoms with Crippen LogP contribution in [0.1, 0.15) is 62.5 Å². The van der Waals surface area contributed by atoms with E-state index in [1.807, 2.05) is 0 Å². The van der Waals surface area contributed by atoms with Gasteiger partial charge in [0, 0.05) is 0 Å². The second-order valence-electron chi connectivity index (χ2n) is 7.51. The van der Waals surface area contributed by atoms with Crippen molar-refractivity contribution in [3.8, 4) is 0 Å². The molecule has 3 rings (SSSR count). The minimum Gasteiger partial charge on any atom is -0.0851 e. The molecule has 1 saturated carbocycles. The van der Waals surface area contributed by atoms with Gasteiger partial charge in [-0.15, -0.1) is 0 Å². The monoisotopic (exact) mass is 294 g/mol. The molecule has 0 N–H and O–H groups in total. The molecule has 118 valence electrons. The van der Waals surface area contributed by atoms with Crippen LogP contribution < -0.4 is 0 Å². The molecule has 2 unspecified atom stereocenters. The smallest absolute Gasteiger partial charge is 0.00531 e. The van der Waals surface area contributed by atoms with E-state index in [0.717, 1.165) is 17.8 Å². The van der Waals surface area contributed by atoms with Crippen LogP contribution in [0, 0.1) is 24.7 Å². The van der Waals surface area contributed by atoms with Gasteiger partial charge in [-0.1, -0.05) is 61.1 Å². The Bertz CT molecular complexity index is 511. The lowest BCUT2D eigenvalue weighted by Gasteiger charge is -2.27. The third-order valence-corrected chi connectivity index (χ3v) is 5.59. The summed E-state index contributed by atoms with van der Waals surface area (Å²) in [5.74, 6) is 3.09. The van der Waals surface area contributed by atoms with E-state index in [-0.39, 0.29) is 0 Å². The van der Waals surface area contributed by atoms with Crippen molar-refractivity contribution in [2.24, 2.45) is 17.8 Å². The zero-order chi connectivity index (χ0) is 15.4. The zero-order valence-corrected chi connectivity index (χ0v) is 14.2. The highest BCUT2D eigenvalue weighted by molar-refractivity contribution is 5.25. The van der Waals surface area contributed by atoms with Gasteiger partial charge >= 0.3 is 0 Å². The van der Waals surface area contributed by atoms with E-state index >= 15 is 0 Å². The normalized spacial score (nSPS) is 32.5. The molecule has 0 spiro atoms. The standard InChI is InChI=1S/C22H30/c1-17-3-7-19(8-4-17)9-10-20-11-15-22(16-12-20)21-13-5-18(2)6-14-21/h3,5-7,9-10,13-14,17,19-20,22H,4,8,11-12,15-16H2,1-2H3/b10-9+. The summed E-state index contributed by atoms with van der Waals surface area (Å²) in [6.07, 6.45) is 18.0. The van der Waals surface area contributed by atoms with E-state index < -0.39 is 0 Å². The summed E-state index contributed by atoms with van der Waals surface area (Å²) in [4.78, 5) is 0. The lowest BCUT2D eigenvalue weighted by Crippen LogP contribution is -2.12. The van der Waals surface area contributed by atoms with Crippen LogP contribution in [0.25, 0.3) is 0 Å². The molecular formula is C22H30. The molecule has 2 aliphatic carbocycles. The summed E-state index contributed by atoms with van der Waals surface area (Å²) in [6, 6.07) is 9.20. The van der Waals surface area contributed by atoms with Crippen molar-refractivity contribution >= 4 is 0 Å². The van der Waals surface area contributed by atoms with Gasteiger partial charge in [0.05, 0.1) is 0 Å². The van der Waals surface area contributed by atoms with Gasteiger partial charge in [-0.3, -0.25) is 0 Å². The molecule has 0 saturated heterocycles. The van der Waals surface area contributed by atoms with Gasteiger partial charge in [-0.2, -0.15) is 0 Å². The average Bonchev–Trinajstić information content (AvgIpc) is 2.56. The van der Waals surface area contributed by atoms with Crippen LogP contribution in [0.4, 0.5) is 0 Å². The fraction of sp³-hybridized carbons (Fsp3) is 0.545. The summed E-state index contributed by atoms with van der Waals surface area (Å²) in [7, 11) is 0. The molecule has 0 amide bonds. The molecule has 1 aromatic rings. The second-order valence-corrected chi connectivity index (χ2v) is 7.51. The first kappa shape index (κ1) is 15.6. The van der Waals surface area contributed by atoms with E-state index in [1.165, 1.54) is 44.1 Å². The highest BCUT2D eigenvalue weighted by Crippen LogP contribution is 2.36. The van der Waals surface area contributed by atoms with Crippen molar-refractivity contribution in [3.05, 3.63) is 59.7 Å². The predicted molar refractivity (Wildman–Crippen MR) is 96.0 cm³/mol. The minimum absolute atomic E-state index is 0.700. The molecule has 0 radical (unpaired) electrons. The fourth-order valence-corrected chi connectivity index (χ4v) is 3.92. The number of hydrogen-bond acceptors (Lipinski definition) is 0. The zero-order valence-electron chi connectivity index (χ0n) is 14.2. The Morgan fingerprint density at radius 2 is 1.55 bits per heavy atom. The van der Waals surface area contributed by atoms with E-state index in [1.54, 1.807) is 5.56 Å². The van der Waals surface area contributed by atoms with Crippen LogP contribution in [-0.2, 0) is 0 Å². The Morgan fingerprint density at radius 1 is 0.818 bits per heavy atom. The van der Waals surface area contributed by atoms with Crippen LogP contribution in [0.2, 0.25) is 0 Å². The molecule has 1 fully saturated rings. The van der Waals surface area contributed by atoms with Crippen molar-refractivity contribution in [2.75, 3.05) is 0 Å². The summed E-state index contributed by atoms with van der Waals surface area (Å²) < 4.78 is 0. The Morgan fingerprint density at radius 3 is 2.18 bits per heavy atom. The second kappa shape index (κ2) is 7.31. The van der Waals surface area contributed by atoms with Gasteiger partial charge in [-0.05, 0) is 74.7 Å². The van der Waals surface area contributed by atoms with Crippen molar-refractivity contribution in [1.82, 2.24) is 0 Å². The van der Waals surface area contributed by atoms with Gasteiger partial charge < -0.3 is 0 Å². The van der Waals surface area contributed by atoms with Crippen LogP contribution in [0.15, 0.2) is 48.6 Å². The Balaban J connectivity index is 1.49. The van der Waals surface area contributed by atoms with Gasteiger partial charge in [0.1, 0.15) is 0 Å². The molecule has 0 heterocycles. The molecule has 0 bridgehead atoms. The van der Waals surface area contributed by atoms with E-state index in [2.05, 4.69) is 62.4 Å². The van der Waals surface area contributed by atoms with E-state index in [0.29, 0.717) is 5.92 Å². The summed E-state index contributed by atoms with van der Waals surface area (Å²) in [6.45, 7) is 4.49. The highest BCUT2D eigenvalue weighted by Gasteiger charge is 2.21. The molecule has 2 atom stereocenters. The van der Waals surface area contributed by atoms with Gasteiger partial charge in [0.15, 0.2) is 0 Å². The van der Waals surface area contributed by atoms with Crippen LogP contribution in [0.5, 0.6) is 0 Å². The van der Waals surface area contributed by atoms with Crippen LogP contribution in [0.3, 0.4) is 0 Å². The first-order chi connectivity index (χ1) is 10.7. The third kappa shape index (κ3) is 4.12. The average molecular weight is 294 g/mol. The van der Waals surface area contributed by atoms with Crippen LogP contribution >= 0.6 is 0 Å². The predicted octanol–water partition coefficient (Wildman–Crippen LogP) is 6.43. The number of hydrogen-bond donors (Lipinski definition) is 0. The van der Waals surface area contributed by atoms with Crippen molar-refractivity contribution in [2.45, 2.75) is 58.3 Å². The molecule has 22 heavy (non-hydrogen) atoms. The first-order valence-electron chi connectivity index (χ1n) is 9.14. The molecule has 0 nitrogen and oxygen atoms in total. The fourth-order valence-electron chi connectivity index (χ4n) is 3.92. The molecule has 2 aliphatic rings. The SMILES string of the molecule is Cc1ccc(C2CCC(/C=C/C3C=CC(C)CC3)CC2)cc1. The maximum atomic E-state index is 2.52. The molecular weight excluding hydrogens is 264 g/mol. The van der Waals surface area contributed by atoms with Gasteiger partial charge in [0.2, 0.25) is 0 Å². The first-order valence-corrected chi connectivity index (χ1v) is 9.14. The molecule has 1 aromatic carbocycles. The lowest BCUT2D eigenvalue weighted by atomic mass is 9.78. The van der Waals surface area contributed by atoms with E-state index in [9.17, 15) is 0 Å². The van der Waals surface area contributed by atoms with Crippen molar-refractivity contribution in [3.63, 3.8) is 0 Å². The van der Waals surface area contributed by atoms with Crippen molar-refractivity contribution < 1.29 is 0 Å². The minimum atomic E-state index is 0.700. The summed E-state index contributed by atoms with van der Waals surface area (Å²) >= 11 is 0. The number of benzene rings is 1. The Labute approximate surface area is 136 Å². The summed E-state index contributed by atoms with van der Waals surface area (Å²) in [5, 5.41) is 0. The maximum Gasteiger partial charge on any atom is -0.00531 e. The lowest BCUT2D eigenvalue weighted by molar-refractivity contribution is 0.374. The molecule has 0 aromatic heterocycles. The molecule has 0 heteroatoms. The Hall–Kier alpha value is -1.30. The number of allylic oxidation sites excluding steroid dienone is 4. The van der Waals surface area contributed by atoms with Crippen LogP contribution in [-0.4, -0.2) is 0 Å². The molecule has 0 aliphatic heterocycles. The topological polar surface area (TPSA) is 0 Å². The number of aryl methyl sites for hydroxylation is 1. The van der Waals surface area contributed by atoms with Crippen molar-refractivity contribution in [1.29, 1.82) is 0 Å². The van der Waals surface area contributed by atoms with Gasteiger partial charge in [0.25, 0.3) is 0 Å². The largest absolute Gasteiger partial charge is 0.0851 e. The van der Waals surface area contributed by atoms with Gasteiger partial charge in [-0.25, -0.2) is 0 Å². The third-order valence-electron chi connectivity index (χ3n) is 5.59. The highest BCUT2D eigenvalue weighted by atomic mass is 14.3. The quantitative estimate of drug-likeness (QED) is 0.564. The number of rotatable bonds is 3. The Kier molecular flexibility index (Phi) is 5.18. The maximum absolute atomic E-state index is 2.52.